The fraction of sp³-hybridized carbons (Fsp3) is 0.500. The number of halogens is 1. The summed E-state index contributed by atoms with van der Waals surface area (Å²) in [7, 11) is 3.10. The minimum absolute atomic E-state index is 0.0913. The predicted octanol–water partition coefficient (Wildman–Crippen LogP) is 2.45. The van der Waals surface area contributed by atoms with Crippen molar-refractivity contribution in [1.29, 1.82) is 0 Å². The summed E-state index contributed by atoms with van der Waals surface area (Å²) < 4.78 is 27.6. The molecule has 0 N–H and O–H groups in total. The van der Waals surface area contributed by atoms with Crippen molar-refractivity contribution in [2.75, 3.05) is 27.6 Å². The van der Waals surface area contributed by atoms with Crippen LogP contribution in [0.3, 0.4) is 0 Å². The molecule has 136 valence electrons. The van der Waals surface area contributed by atoms with Gasteiger partial charge < -0.3 is 28.5 Å². The van der Waals surface area contributed by atoms with Crippen LogP contribution < -0.4 is 18.9 Å². The lowest BCUT2D eigenvalue weighted by molar-refractivity contribution is -0.135. The highest BCUT2D eigenvalue weighted by Gasteiger charge is 2.34. The normalized spacial score (nSPS) is 17.8. The lowest BCUT2D eigenvalue weighted by Gasteiger charge is -2.18. The summed E-state index contributed by atoms with van der Waals surface area (Å²) in [5.74, 6) is 1.58. The molecule has 0 saturated carbocycles. The molecule has 0 amide bonds. The zero-order valence-corrected chi connectivity index (χ0v) is 15.7. The van der Waals surface area contributed by atoms with Crippen molar-refractivity contribution in [2.45, 2.75) is 25.9 Å². The molecule has 0 bridgehead atoms. The fourth-order valence-electron chi connectivity index (χ4n) is 2.77. The molecule has 8 nitrogen and oxygen atoms in total. The van der Waals surface area contributed by atoms with E-state index in [4.69, 9.17) is 28.5 Å². The van der Waals surface area contributed by atoms with Gasteiger partial charge in [-0.1, -0.05) is 5.16 Å². The predicted molar refractivity (Wildman–Crippen MR) is 90.6 cm³/mol. The van der Waals surface area contributed by atoms with E-state index in [1.807, 2.05) is 0 Å². The van der Waals surface area contributed by atoms with Crippen LogP contribution in [0.4, 0.5) is 0 Å². The number of nitrogens with zero attached hydrogens (tertiary/aromatic N) is 1. The van der Waals surface area contributed by atoms with Gasteiger partial charge in [0.05, 0.1) is 25.3 Å². The molecule has 1 aromatic rings. The molecule has 0 aromatic heterocycles. The smallest absolute Gasteiger partial charge is 0.356 e. The van der Waals surface area contributed by atoms with Crippen molar-refractivity contribution in [2.24, 2.45) is 5.16 Å². The SMILES string of the molecule is CCOC(=O)C1=NO[C@@H](Cc2c(Br)c(OC)c3c(c2OC)OCO3)C1. The van der Waals surface area contributed by atoms with Gasteiger partial charge in [-0.25, -0.2) is 4.79 Å². The Labute approximate surface area is 153 Å². The quantitative estimate of drug-likeness (QED) is 0.659. The average molecular weight is 416 g/mol. The van der Waals surface area contributed by atoms with Gasteiger partial charge in [-0.05, 0) is 22.9 Å². The number of rotatable bonds is 6. The molecule has 0 saturated heterocycles. The van der Waals surface area contributed by atoms with Crippen LogP contribution >= 0.6 is 15.9 Å². The highest BCUT2D eigenvalue weighted by molar-refractivity contribution is 9.10. The molecule has 1 aromatic carbocycles. The Hall–Kier alpha value is -2.16. The minimum atomic E-state index is -0.459. The highest BCUT2D eigenvalue weighted by Crippen LogP contribution is 2.54. The number of esters is 1. The maximum Gasteiger partial charge on any atom is 0.356 e. The van der Waals surface area contributed by atoms with Crippen LogP contribution in [0.25, 0.3) is 0 Å². The number of fused-ring (bicyclic) bond motifs is 1. The molecule has 1 atom stereocenters. The first-order valence-electron chi connectivity index (χ1n) is 7.72. The van der Waals surface area contributed by atoms with E-state index in [1.165, 1.54) is 0 Å². The third-order valence-corrected chi connectivity index (χ3v) is 4.69. The van der Waals surface area contributed by atoms with Gasteiger partial charge in [0.1, 0.15) is 6.10 Å². The van der Waals surface area contributed by atoms with Gasteiger partial charge in [0.2, 0.25) is 18.3 Å². The Bertz CT molecular complexity index is 719. The van der Waals surface area contributed by atoms with E-state index in [9.17, 15) is 4.79 Å². The third kappa shape index (κ3) is 3.20. The third-order valence-electron chi connectivity index (χ3n) is 3.85. The van der Waals surface area contributed by atoms with Crippen LogP contribution in [0, 0.1) is 0 Å². The van der Waals surface area contributed by atoms with Gasteiger partial charge >= 0.3 is 5.97 Å². The molecule has 3 rings (SSSR count). The summed E-state index contributed by atoms with van der Waals surface area (Å²) in [5, 5.41) is 3.83. The molecular weight excluding hydrogens is 398 g/mol. The zero-order chi connectivity index (χ0) is 18.0. The van der Waals surface area contributed by atoms with E-state index in [0.717, 1.165) is 5.56 Å². The maximum atomic E-state index is 11.8. The van der Waals surface area contributed by atoms with Gasteiger partial charge in [0, 0.05) is 18.4 Å². The molecule has 0 fully saturated rings. The van der Waals surface area contributed by atoms with Gasteiger partial charge in [-0.3, -0.25) is 0 Å². The highest BCUT2D eigenvalue weighted by atomic mass is 79.9. The minimum Gasteiger partial charge on any atom is -0.492 e. The van der Waals surface area contributed by atoms with Crippen molar-refractivity contribution >= 4 is 27.6 Å². The molecule has 9 heteroatoms. The van der Waals surface area contributed by atoms with E-state index < -0.39 is 5.97 Å². The molecule has 2 aliphatic heterocycles. The molecule has 0 spiro atoms. The van der Waals surface area contributed by atoms with Gasteiger partial charge in [-0.2, -0.15) is 0 Å². The van der Waals surface area contributed by atoms with Crippen LogP contribution in [-0.4, -0.2) is 45.4 Å². The van der Waals surface area contributed by atoms with Crippen LogP contribution in [0.5, 0.6) is 23.0 Å². The second kappa shape index (κ2) is 7.38. The summed E-state index contributed by atoms with van der Waals surface area (Å²) in [5.41, 5.74) is 1.06. The first-order valence-corrected chi connectivity index (χ1v) is 8.51. The van der Waals surface area contributed by atoms with E-state index >= 15 is 0 Å². The number of hydrogen-bond donors (Lipinski definition) is 0. The maximum absolute atomic E-state index is 11.8. The van der Waals surface area contributed by atoms with E-state index in [0.29, 0.717) is 46.9 Å². The number of carbonyl (C=O) groups is 1. The number of oxime groups is 1. The number of hydrogen-bond acceptors (Lipinski definition) is 8. The second-order valence-electron chi connectivity index (χ2n) is 5.32. The first-order chi connectivity index (χ1) is 12.1. The standard InChI is InChI=1S/C16H18BrNO7/c1-4-22-16(19)10-6-8(25-18-10)5-9-11(17)13(21-3)15-14(12(9)20-2)23-7-24-15/h8H,4-7H2,1-3H3/t8-/m0/s1. The van der Waals surface area contributed by atoms with Crippen LogP contribution in [0.1, 0.15) is 18.9 Å². The monoisotopic (exact) mass is 415 g/mol. The van der Waals surface area contributed by atoms with E-state index in [1.54, 1.807) is 21.1 Å². The van der Waals surface area contributed by atoms with Crippen molar-refractivity contribution in [1.82, 2.24) is 0 Å². The second-order valence-corrected chi connectivity index (χ2v) is 6.11. The van der Waals surface area contributed by atoms with Crippen molar-refractivity contribution in [3.63, 3.8) is 0 Å². The first kappa shape index (κ1) is 17.7. The Morgan fingerprint density at radius 3 is 2.56 bits per heavy atom. The Kier molecular flexibility index (Phi) is 5.22. The van der Waals surface area contributed by atoms with Gasteiger partial charge in [0.25, 0.3) is 0 Å². The van der Waals surface area contributed by atoms with Crippen molar-refractivity contribution in [3.05, 3.63) is 10.0 Å². The number of benzene rings is 1. The van der Waals surface area contributed by atoms with Crippen LogP contribution in [-0.2, 0) is 20.8 Å². The summed E-state index contributed by atoms with van der Waals surface area (Å²) in [6.45, 7) is 2.13. The van der Waals surface area contributed by atoms with Gasteiger partial charge in [0.15, 0.2) is 17.2 Å². The summed E-state index contributed by atoms with van der Waals surface area (Å²) in [6, 6.07) is 0. The van der Waals surface area contributed by atoms with E-state index in [2.05, 4.69) is 21.1 Å². The molecule has 0 radical (unpaired) electrons. The molecule has 2 aliphatic rings. The fourth-order valence-corrected chi connectivity index (χ4v) is 3.45. The summed E-state index contributed by atoms with van der Waals surface area (Å²) >= 11 is 3.54. The Morgan fingerprint density at radius 2 is 1.92 bits per heavy atom. The topological polar surface area (TPSA) is 84.8 Å². The number of carbonyl (C=O) groups excluding carboxylic acids is 1. The van der Waals surface area contributed by atoms with Crippen LogP contribution in [0.15, 0.2) is 9.63 Å². The summed E-state index contributed by atoms with van der Waals surface area (Å²) in [4.78, 5) is 17.1. The molecule has 25 heavy (non-hydrogen) atoms. The van der Waals surface area contributed by atoms with E-state index in [-0.39, 0.29) is 18.6 Å². The molecule has 0 aliphatic carbocycles. The molecule has 2 heterocycles. The largest absolute Gasteiger partial charge is 0.492 e. The molecule has 0 unspecified atom stereocenters. The van der Waals surface area contributed by atoms with Crippen molar-refractivity contribution < 1.29 is 33.3 Å². The number of methoxy groups -OCH3 is 2. The lowest BCUT2D eigenvalue weighted by atomic mass is 10.0. The zero-order valence-electron chi connectivity index (χ0n) is 14.1. The average Bonchev–Trinajstić information content (AvgIpc) is 3.25. The number of ether oxygens (including phenoxy) is 5. The summed E-state index contributed by atoms with van der Waals surface area (Å²) in [6.07, 6.45) is 0.462. The Morgan fingerprint density at radius 1 is 1.24 bits per heavy atom. The van der Waals surface area contributed by atoms with Crippen LogP contribution in [0.2, 0.25) is 0 Å². The van der Waals surface area contributed by atoms with Crippen molar-refractivity contribution in [3.8, 4) is 23.0 Å². The molecular formula is C16H18BrNO7. The lowest BCUT2D eigenvalue weighted by Crippen LogP contribution is -2.19. The van der Waals surface area contributed by atoms with Gasteiger partial charge in [-0.15, -0.1) is 0 Å². The Balaban J connectivity index is 1.85.